The molecule has 1 heterocycles. The van der Waals surface area contributed by atoms with Crippen molar-refractivity contribution < 1.29 is 4.74 Å². The highest BCUT2D eigenvalue weighted by Gasteiger charge is 2.23. The molecule has 1 fully saturated rings. The van der Waals surface area contributed by atoms with E-state index in [1.165, 1.54) is 61.9 Å². The molecule has 0 unspecified atom stereocenters. The standard InChI is InChI=1S/C22H34N2O/c1-22(2,25-16-8-15-24-13-6-7-14-24)19-11-12-21(23)20(17-19)18-9-4-3-5-10-18/h9,11-12,17H,3-8,10,13-16,23H2,1-2H3. The topological polar surface area (TPSA) is 38.5 Å². The highest BCUT2D eigenvalue weighted by Crippen LogP contribution is 2.34. The number of anilines is 1. The fourth-order valence-electron chi connectivity index (χ4n) is 4.00. The first-order chi connectivity index (χ1) is 12.1. The zero-order chi connectivity index (χ0) is 17.7. The monoisotopic (exact) mass is 342 g/mol. The van der Waals surface area contributed by atoms with Gasteiger partial charge in [-0.25, -0.2) is 0 Å². The normalized spacial score (nSPS) is 19.2. The van der Waals surface area contributed by atoms with Gasteiger partial charge in [0.05, 0.1) is 5.60 Å². The number of benzene rings is 1. The summed E-state index contributed by atoms with van der Waals surface area (Å²) in [7, 11) is 0. The SMILES string of the molecule is CC(C)(OCCCN1CCCC1)c1ccc(N)c(C2=CCCCC2)c1. The molecule has 0 radical (unpaired) electrons. The van der Waals surface area contributed by atoms with Crippen LogP contribution >= 0.6 is 0 Å². The van der Waals surface area contributed by atoms with Crippen LogP contribution in [0.1, 0.15) is 69.9 Å². The van der Waals surface area contributed by atoms with E-state index in [2.05, 4.69) is 43.0 Å². The van der Waals surface area contributed by atoms with E-state index < -0.39 is 0 Å². The summed E-state index contributed by atoms with van der Waals surface area (Å²) < 4.78 is 6.27. The Bertz CT molecular complexity index is 600. The highest BCUT2D eigenvalue weighted by atomic mass is 16.5. The number of likely N-dealkylation sites (tertiary alicyclic amines) is 1. The van der Waals surface area contributed by atoms with Crippen molar-refractivity contribution >= 4 is 11.3 Å². The number of nitrogen functional groups attached to an aromatic ring is 1. The zero-order valence-corrected chi connectivity index (χ0v) is 16.0. The van der Waals surface area contributed by atoms with Gasteiger partial charge in [-0.2, -0.15) is 0 Å². The van der Waals surface area contributed by atoms with Gasteiger partial charge in [0.2, 0.25) is 0 Å². The van der Waals surface area contributed by atoms with E-state index >= 15 is 0 Å². The molecule has 1 aliphatic carbocycles. The van der Waals surface area contributed by atoms with Gasteiger partial charge in [-0.3, -0.25) is 0 Å². The van der Waals surface area contributed by atoms with Crippen molar-refractivity contribution in [2.45, 2.75) is 64.4 Å². The highest BCUT2D eigenvalue weighted by molar-refractivity contribution is 5.76. The molecule has 1 aliphatic heterocycles. The van der Waals surface area contributed by atoms with Gasteiger partial charge in [0.25, 0.3) is 0 Å². The number of nitrogens with zero attached hydrogens (tertiary/aromatic N) is 1. The zero-order valence-electron chi connectivity index (χ0n) is 16.0. The van der Waals surface area contributed by atoms with Crippen molar-refractivity contribution in [3.05, 3.63) is 35.4 Å². The van der Waals surface area contributed by atoms with Gasteiger partial charge in [0.1, 0.15) is 0 Å². The number of ether oxygens (including phenoxy) is 1. The van der Waals surface area contributed by atoms with Crippen molar-refractivity contribution in [2.75, 3.05) is 32.0 Å². The van der Waals surface area contributed by atoms with E-state index in [0.717, 1.165) is 31.7 Å². The van der Waals surface area contributed by atoms with Crippen LogP contribution in [0.5, 0.6) is 0 Å². The minimum absolute atomic E-state index is 0.275. The molecule has 138 valence electrons. The molecule has 0 saturated carbocycles. The van der Waals surface area contributed by atoms with Crippen molar-refractivity contribution in [1.29, 1.82) is 0 Å². The largest absolute Gasteiger partial charge is 0.398 e. The fourth-order valence-corrected chi connectivity index (χ4v) is 4.00. The van der Waals surface area contributed by atoms with Gasteiger partial charge in [-0.1, -0.05) is 12.1 Å². The van der Waals surface area contributed by atoms with Crippen LogP contribution in [0.25, 0.3) is 5.57 Å². The third kappa shape index (κ3) is 4.86. The molecular formula is C22H34N2O. The van der Waals surface area contributed by atoms with E-state index in [9.17, 15) is 0 Å². The second kappa shape index (κ2) is 8.37. The van der Waals surface area contributed by atoms with E-state index in [1.807, 2.05) is 0 Å². The molecule has 3 rings (SSSR count). The third-order valence-electron chi connectivity index (χ3n) is 5.67. The minimum Gasteiger partial charge on any atom is -0.398 e. The van der Waals surface area contributed by atoms with Crippen LogP contribution in [0.4, 0.5) is 5.69 Å². The quantitative estimate of drug-likeness (QED) is 0.562. The van der Waals surface area contributed by atoms with Crippen LogP contribution < -0.4 is 5.73 Å². The summed E-state index contributed by atoms with van der Waals surface area (Å²) in [6.45, 7) is 8.85. The fraction of sp³-hybridized carbons (Fsp3) is 0.636. The molecule has 0 aromatic heterocycles. The molecule has 3 heteroatoms. The second-order valence-corrected chi connectivity index (χ2v) is 8.04. The van der Waals surface area contributed by atoms with Gasteiger partial charge in [0, 0.05) is 24.4 Å². The van der Waals surface area contributed by atoms with Gasteiger partial charge >= 0.3 is 0 Å². The smallest absolute Gasteiger partial charge is 0.0875 e. The van der Waals surface area contributed by atoms with Crippen LogP contribution in [0.15, 0.2) is 24.3 Å². The summed E-state index contributed by atoms with van der Waals surface area (Å²) >= 11 is 0. The van der Waals surface area contributed by atoms with Crippen molar-refractivity contribution in [1.82, 2.24) is 4.90 Å². The first kappa shape index (κ1) is 18.5. The van der Waals surface area contributed by atoms with Crippen LogP contribution in [-0.4, -0.2) is 31.1 Å². The Balaban J connectivity index is 1.61. The summed E-state index contributed by atoms with van der Waals surface area (Å²) in [5, 5.41) is 0. The lowest BCUT2D eigenvalue weighted by atomic mass is 9.88. The predicted molar refractivity (Wildman–Crippen MR) is 107 cm³/mol. The van der Waals surface area contributed by atoms with E-state index in [0.29, 0.717) is 0 Å². The van der Waals surface area contributed by atoms with E-state index in [4.69, 9.17) is 10.5 Å². The van der Waals surface area contributed by atoms with Gasteiger partial charge < -0.3 is 15.4 Å². The molecule has 1 saturated heterocycles. The molecule has 2 N–H and O–H groups in total. The van der Waals surface area contributed by atoms with E-state index in [1.54, 1.807) is 0 Å². The number of hydrogen-bond acceptors (Lipinski definition) is 3. The van der Waals surface area contributed by atoms with Crippen LogP contribution in [0, 0.1) is 0 Å². The first-order valence-corrected chi connectivity index (χ1v) is 10.0. The predicted octanol–water partition coefficient (Wildman–Crippen LogP) is 4.96. The number of nitrogens with two attached hydrogens (primary N) is 1. The lowest BCUT2D eigenvalue weighted by Gasteiger charge is -2.28. The number of rotatable bonds is 7. The Morgan fingerprint density at radius 3 is 2.64 bits per heavy atom. The molecule has 2 aliphatic rings. The maximum Gasteiger partial charge on any atom is 0.0875 e. The van der Waals surface area contributed by atoms with Crippen LogP contribution in [-0.2, 0) is 10.3 Å². The van der Waals surface area contributed by atoms with E-state index in [-0.39, 0.29) is 5.60 Å². The molecule has 0 amide bonds. The Hall–Kier alpha value is -1.32. The number of allylic oxidation sites excluding steroid dienone is 2. The molecule has 1 aromatic carbocycles. The lowest BCUT2D eigenvalue weighted by molar-refractivity contribution is -0.0247. The average molecular weight is 343 g/mol. The maximum absolute atomic E-state index is 6.27. The Morgan fingerprint density at radius 1 is 1.12 bits per heavy atom. The summed E-state index contributed by atoms with van der Waals surface area (Å²) in [5.41, 5.74) is 10.7. The summed E-state index contributed by atoms with van der Waals surface area (Å²) in [6.07, 6.45) is 11.1. The Kier molecular flexibility index (Phi) is 6.19. The molecule has 3 nitrogen and oxygen atoms in total. The average Bonchev–Trinajstić information content (AvgIpc) is 3.13. The molecule has 25 heavy (non-hydrogen) atoms. The van der Waals surface area contributed by atoms with Crippen molar-refractivity contribution in [3.63, 3.8) is 0 Å². The molecule has 0 spiro atoms. The molecule has 0 bridgehead atoms. The molecular weight excluding hydrogens is 308 g/mol. The maximum atomic E-state index is 6.27. The van der Waals surface area contributed by atoms with Crippen molar-refractivity contribution in [2.24, 2.45) is 0 Å². The van der Waals surface area contributed by atoms with Crippen molar-refractivity contribution in [3.8, 4) is 0 Å². The molecule has 1 aromatic rings. The summed E-state index contributed by atoms with van der Waals surface area (Å²) in [6, 6.07) is 6.44. The first-order valence-electron chi connectivity index (χ1n) is 10.0. The van der Waals surface area contributed by atoms with Crippen LogP contribution in [0.2, 0.25) is 0 Å². The van der Waals surface area contributed by atoms with Crippen LogP contribution in [0.3, 0.4) is 0 Å². The molecule has 0 atom stereocenters. The second-order valence-electron chi connectivity index (χ2n) is 8.04. The Morgan fingerprint density at radius 2 is 1.92 bits per heavy atom. The summed E-state index contributed by atoms with van der Waals surface area (Å²) in [4.78, 5) is 2.55. The summed E-state index contributed by atoms with van der Waals surface area (Å²) in [5.74, 6) is 0. The third-order valence-corrected chi connectivity index (χ3v) is 5.67. The lowest BCUT2D eigenvalue weighted by Crippen LogP contribution is -2.26. The number of hydrogen-bond donors (Lipinski definition) is 1. The van der Waals surface area contributed by atoms with Gasteiger partial charge in [0.15, 0.2) is 0 Å². The minimum atomic E-state index is -0.275. The Labute approximate surface area is 153 Å². The van der Waals surface area contributed by atoms with Gasteiger partial charge in [-0.05, 0) is 95.2 Å². The van der Waals surface area contributed by atoms with Gasteiger partial charge in [-0.15, -0.1) is 0 Å².